The van der Waals surface area contributed by atoms with E-state index in [4.69, 9.17) is 0 Å². The molecule has 1 saturated heterocycles. The minimum absolute atomic E-state index is 0.0235. The topological polar surface area (TPSA) is 53.7 Å². The first-order valence-electron chi connectivity index (χ1n) is 9.32. The Morgan fingerprint density at radius 3 is 2.73 bits per heavy atom. The van der Waals surface area contributed by atoms with E-state index < -0.39 is 17.9 Å². The normalized spacial score (nSPS) is 20.3. The Morgan fingerprint density at radius 2 is 2.03 bits per heavy atom. The van der Waals surface area contributed by atoms with Gasteiger partial charge in [-0.15, -0.1) is 5.10 Å². The Morgan fingerprint density at radius 1 is 1.23 bits per heavy atom. The molecular formula is C21H18F4N4O. The maximum Gasteiger partial charge on any atom is 0.458 e. The van der Waals surface area contributed by atoms with Crippen LogP contribution in [-0.2, 0) is 0 Å². The van der Waals surface area contributed by atoms with Crippen LogP contribution >= 0.6 is 0 Å². The fourth-order valence-electron chi connectivity index (χ4n) is 3.46. The largest absolute Gasteiger partial charge is 0.458 e. The number of hydrogen-bond acceptors (Lipinski definition) is 4. The molecule has 0 amide bonds. The van der Waals surface area contributed by atoms with Gasteiger partial charge in [0.2, 0.25) is 0 Å². The highest BCUT2D eigenvalue weighted by Gasteiger charge is 2.43. The SMILES string of the molecule is CC(O)C1(F)CCN(c2ccc3ncc(-c4cccc(C#CC(F)(F)F)c4)n3n2)C1. The molecule has 3 heterocycles. The second-order valence-electron chi connectivity index (χ2n) is 7.32. The molecule has 1 aromatic carbocycles. The number of imidazole rings is 1. The molecule has 5 nitrogen and oxygen atoms in total. The van der Waals surface area contributed by atoms with Crippen molar-refractivity contribution in [3.05, 3.63) is 48.2 Å². The lowest BCUT2D eigenvalue weighted by Gasteiger charge is -2.23. The third-order valence-corrected chi connectivity index (χ3v) is 5.18. The van der Waals surface area contributed by atoms with Gasteiger partial charge in [-0.2, -0.15) is 13.2 Å². The molecule has 0 spiro atoms. The highest BCUT2D eigenvalue weighted by molar-refractivity contribution is 5.65. The van der Waals surface area contributed by atoms with Gasteiger partial charge in [0, 0.05) is 30.0 Å². The predicted octanol–water partition coefficient (Wildman–Crippen LogP) is 3.61. The van der Waals surface area contributed by atoms with Crippen LogP contribution < -0.4 is 4.90 Å². The summed E-state index contributed by atoms with van der Waals surface area (Å²) in [7, 11) is 0. The summed E-state index contributed by atoms with van der Waals surface area (Å²) in [5.41, 5.74) is 0.242. The maximum absolute atomic E-state index is 14.7. The van der Waals surface area contributed by atoms with E-state index in [1.807, 2.05) is 0 Å². The first kappa shape index (κ1) is 20.2. The zero-order valence-electron chi connectivity index (χ0n) is 16.0. The van der Waals surface area contributed by atoms with Crippen molar-refractivity contribution in [1.82, 2.24) is 14.6 Å². The number of anilines is 1. The van der Waals surface area contributed by atoms with E-state index >= 15 is 0 Å². The van der Waals surface area contributed by atoms with E-state index in [1.165, 1.54) is 25.0 Å². The van der Waals surface area contributed by atoms with E-state index in [-0.39, 0.29) is 18.5 Å². The average Bonchev–Trinajstić information content (AvgIpc) is 3.30. The van der Waals surface area contributed by atoms with Crippen molar-refractivity contribution in [3.63, 3.8) is 0 Å². The molecule has 2 aromatic heterocycles. The average molecular weight is 418 g/mol. The zero-order chi connectivity index (χ0) is 21.5. The van der Waals surface area contributed by atoms with Crippen molar-refractivity contribution in [3.8, 4) is 23.1 Å². The maximum atomic E-state index is 14.7. The van der Waals surface area contributed by atoms with Gasteiger partial charge in [-0.25, -0.2) is 13.9 Å². The smallest absolute Gasteiger partial charge is 0.390 e. The Bertz CT molecular complexity index is 1150. The summed E-state index contributed by atoms with van der Waals surface area (Å²) in [5.74, 6) is 3.90. The second-order valence-corrected chi connectivity index (χ2v) is 7.32. The molecule has 3 aromatic rings. The zero-order valence-corrected chi connectivity index (χ0v) is 16.0. The van der Waals surface area contributed by atoms with Crippen LogP contribution in [0.25, 0.3) is 16.9 Å². The van der Waals surface area contributed by atoms with Gasteiger partial charge < -0.3 is 10.0 Å². The number of rotatable bonds is 3. The number of nitrogens with zero attached hydrogens (tertiary/aromatic N) is 4. The van der Waals surface area contributed by atoms with Crippen LogP contribution in [-0.4, -0.2) is 50.7 Å². The molecule has 9 heteroatoms. The summed E-state index contributed by atoms with van der Waals surface area (Å²) in [6.07, 6.45) is -3.89. The van der Waals surface area contributed by atoms with Crippen molar-refractivity contribution < 1.29 is 22.7 Å². The van der Waals surface area contributed by atoms with E-state index in [2.05, 4.69) is 16.0 Å². The van der Waals surface area contributed by atoms with Gasteiger partial charge >= 0.3 is 6.18 Å². The molecule has 2 unspecified atom stereocenters. The van der Waals surface area contributed by atoms with Gasteiger partial charge in [-0.05, 0) is 31.2 Å². The Kier molecular flexibility index (Phi) is 4.90. The minimum atomic E-state index is -4.57. The number of aliphatic hydroxyl groups excluding tert-OH is 1. The van der Waals surface area contributed by atoms with E-state index in [9.17, 15) is 22.7 Å². The van der Waals surface area contributed by atoms with Gasteiger partial charge in [0.05, 0.1) is 24.5 Å². The molecule has 1 aliphatic heterocycles. The minimum Gasteiger partial charge on any atom is -0.390 e. The molecule has 1 fully saturated rings. The van der Waals surface area contributed by atoms with Crippen LogP contribution in [0.15, 0.2) is 42.6 Å². The third kappa shape index (κ3) is 3.96. The molecule has 0 saturated carbocycles. The number of aliphatic hydroxyl groups is 1. The van der Waals surface area contributed by atoms with E-state index in [0.29, 0.717) is 29.3 Å². The lowest BCUT2D eigenvalue weighted by molar-refractivity contribution is -0.0696. The highest BCUT2D eigenvalue weighted by atomic mass is 19.4. The number of fused-ring (bicyclic) bond motifs is 1. The van der Waals surface area contributed by atoms with Crippen LogP contribution in [0.3, 0.4) is 0 Å². The number of benzene rings is 1. The summed E-state index contributed by atoms with van der Waals surface area (Å²) in [4.78, 5) is 6.04. The first-order chi connectivity index (χ1) is 14.1. The summed E-state index contributed by atoms with van der Waals surface area (Å²) in [5, 5.41) is 14.3. The number of hydrogen-bond donors (Lipinski definition) is 1. The fraction of sp³-hybridized carbons (Fsp3) is 0.333. The van der Waals surface area contributed by atoms with Crippen molar-refractivity contribution in [2.45, 2.75) is 31.3 Å². The van der Waals surface area contributed by atoms with Crippen LogP contribution in [0.5, 0.6) is 0 Å². The Hall–Kier alpha value is -3.12. The number of alkyl halides is 4. The molecule has 0 aliphatic carbocycles. The highest BCUT2D eigenvalue weighted by Crippen LogP contribution is 2.32. The standard InChI is InChI=1S/C21H18F4N4O/c1-14(30)20(22)9-10-28(13-20)19-6-5-18-26-12-17(29(18)27-19)16-4-2-3-15(11-16)7-8-21(23,24)25/h2-6,11-12,14,30H,9-10,13H2,1H3. The molecule has 1 N–H and O–H groups in total. The molecule has 30 heavy (non-hydrogen) atoms. The molecule has 0 bridgehead atoms. The van der Waals surface area contributed by atoms with Gasteiger partial charge in [0.1, 0.15) is 5.82 Å². The Labute approximate surface area is 170 Å². The van der Waals surface area contributed by atoms with Gasteiger partial charge in [0.25, 0.3) is 0 Å². The van der Waals surface area contributed by atoms with Crippen molar-refractivity contribution in [2.75, 3.05) is 18.0 Å². The number of halogens is 4. The first-order valence-corrected chi connectivity index (χ1v) is 9.32. The van der Waals surface area contributed by atoms with Crippen LogP contribution in [0.1, 0.15) is 18.9 Å². The molecule has 0 radical (unpaired) electrons. The molecule has 156 valence electrons. The Balaban J connectivity index is 1.68. The summed E-state index contributed by atoms with van der Waals surface area (Å²) in [6, 6.07) is 9.83. The predicted molar refractivity (Wildman–Crippen MR) is 104 cm³/mol. The van der Waals surface area contributed by atoms with Gasteiger partial charge in [0.15, 0.2) is 11.3 Å². The molecule has 4 rings (SSSR count). The summed E-state index contributed by atoms with van der Waals surface area (Å²) >= 11 is 0. The quantitative estimate of drug-likeness (QED) is 0.522. The lowest BCUT2D eigenvalue weighted by atomic mass is 10.00. The molecule has 2 atom stereocenters. The van der Waals surface area contributed by atoms with E-state index in [0.717, 1.165) is 0 Å². The van der Waals surface area contributed by atoms with Crippen molar-refractivity contribution >= 4 is 11.5 Å². The monoisotopic (exact) mass is 418 g/mol. The van der Waals surface area contributed by atoms with Crippen LogP contribution in [0.2, 0.25) is 0 Å². The molecule has 1 aliphatic rings. The summed E-state index contributed by atoms with van der Waals surface area (Å²) < 4.78 is 53.4. The van der Waals surface area contributed by atoms with Crippen LogP contribution in [0, 0.1) is 11.8 Å². The van der Waals surface area contributed by atoms with Gasteiger partial charge in [-0.3, -0.25) is 0 Å². The third-order valence-electron chi connectivity index (χ3n) is 5.18. The second kappa shape index (κ2) is 7.29. The van der Waals surface area contributed by atoms with E-state index in [1.54, 1.807) is 39.9 Å². The molecular weight excluding hydrogens is 400 g/mol. The van der Waals surface area contributed by atoms with Gasteiger partial charge in [-0.1, -0.05) is 18.1 Å². The summed E-state index contributed by atoms with van der Waals surface area (Å²) in [6.45, 7) is 1.87. The van der Waals surface area contributed by atoms with Crippen molar-refractivity contribution in [1.29, 1.82) is 0 Å². The number of aromatic nitrogens is 3. The lowest BCUT2D eigenvalue weighted by Crippen LogP contribution is -2.39. The fourth-order valence-corrected chi connectivity index (χ4v) is 3.46. The van der Waals surface area contributed by atoms with Crippen LogP contribution in [0.4, 0.5) is 23.4 Å². The van der Waals surface area contributed by atoms with Crippen molar-refractivity contribution in [2.24, 2.45) is 0 Å².